The number of aryl methyl sites for hydroxylation is 1. The van der Waals surface area contributed by atoms with Crippen LogP contribution in [0.3, 0.4) is 0 Å². The molecule has 1 aliphatic carbocycles. The zero-order valence-corrected chi connectivity index (χ0v) is 23.7. The molecule has 202 valence electrons. The Morgan fingerprint density at radius 3 is 2.82 bits per heavy atom. The molecule has 5 rings (SSSR count). The number of rotatable bonds is 8. The molecule has 1 aliphatic heterocycles. The van der Waals surface area contributed by atoms with Crippen LogP contribution in [0.2, 0.25) is 5.15 Å². The molecule has 2 heterocycles. The smallest absolute Gasteiger partial charge is 0.310 e. The Morgan fingerprint density at radius 2 is 2.03 bits per heavy atom. The highest BCUT2D eigenvalue weighted by atomic mass is 35.5. The average Bonchev–Trinajstić information content (AvgIpc) is 3.29. The summed E-state index contributed by atoms with van der Waals surface area (Å²) in [6.45, 7) is 9.11. The second-order valence-corrected chi connectivity index (χ2v) is 11.4. The van der Waals surface area contributed by atoms with Gasteiger partial charge in [-0.25, -0.2) is 0 Å². The number of nitrogens with one attached hydrogen (secondary N) is 1. The standard InChI is InChI=1S/C30H35Cl2N3O3/c1-4-37-30(36)22-6-5-13-35(17-22)16-21-8-7-19-14-23(10-11-24(19)27(21)31)38-28(18(2)3)20-9-12-26-25(15-20)29(32)34-33-26/h9-12,14-15,18,22,28H,4-8,13,16-17H2,1-3H3,(H,33,34). The number of likely N-dealkylation sites (tertiary alicyclic amines) is 1. The monoisotopic (exact) mass is 555 g/mol. The van der Waals surface area contributed by atoms with E-state index in [1.54, 1.807) is 0 Å². The number of benzene rings is 2. The summed E-state index contributed by atoms with van der Waals surface area (Å²) in [7, 11) is 0. The third-order valence-electron chi connectivity index (χ3n) is 7.60. The molecule has 2 unspecified atom stereocenters. The zero-order valence-electron chi connectivity index (χ0n) is 22.2. The predicted octanol–water partition coefficient (Wildman–Crippen LogP) is 7.16. The van der Waals surface area contributed by atoms with Crippen LogP contribution in [0, 0.1) is 11.8 Å². The molecule has 0 spiro atoms. The molecule has 2 atom stereocenters. The molecule has 2 aliphatic rings. The first-order chi connectivity index (χ1) is 18.3. The molecule has 1 saturated heterocycles. The number of carbonyl (C=O) groups is 1. The van der Waals surface area contributed by atoms with E-state index < -0.39 is 0 Å². The van der Waals surface area contributed by atoms with Crippen molar-refractivity contribution < 1.29 is 14.3 Å². The van der Waals surface area contributed by atoms with Crippen LogP contribution in [-0.4, -0.2) is 47.3 Å². The fourth-order valence-corrected chi connectivity index (χ4v) is 6.17. The van der Waals surface area contributed by atoms with E-state index in [1.165, 1.54) is 11.1 Å². The highest BCUT2D eigenvalue weighted by Gasteiger charge is 2.29. The molecule has 38 heavy (non-hydrogen) atoms. The Bertz CT molecular complexity index is 1350. The molecule has 3 aromatic rings. The van der Waals surface area contributed by atoms with E-state index in [9.17, 15) is 4.79 Å². The molecule has 1 fully saturated rings. The molecule has 0 saturated carbocycles. The number of hydrogen-bond acceptors (Lipinski definition) is 5. The number of hydrogen-bond donors (Lipinski definition) is 1. The summed E-state index contributed by atoms with van der Waals surface area (Å²) in [5.74, 6) is 0.971. The highest BCUT2D eigenvalue weighted by molar-refractivity contribution is 6.49. The van der Waals surface area contributed by atoms with Crippen LogP contribution in [0.1, 0.15) is 62.8 Å². The fourth-order valence-electron chi connectivity index (χ4n) is 5.63. The minimum absolute atomic E-state index is 0.0437. The van der Waals surface area contributed by atoms with Gasteiger partial charge in [0.2, 0.25) is 0 Å². The Kier molecular flexibility index (Phi) is 8.32. The first kappa shape index (κ1) is 27.0. The molecular weight excluding hydrogens is 521 g/mol. The summed E-state index contributed by atoms with van der Waals surface area (Å²) in [5, 5.41) is 9.25. The normalized spacial score (nSPS) is 19.1. The molecule has 1 aromatic heterocycles. The maximum absolute atomic E-state index is 12.3. The highest BCUT2D eigenvalue weighted by Crippen LogP contribution is 2.38. The average molecular weight is 557 g/mol. The number of halogens is 2. The van der Waals surface area contributed by atoms with Gasteiger partial charge in [-0.3, -0.25) is 14.8 Å². The van der Waals surface area contributed by atoms with Crippen molar-refractivity contribution in [3.63, 3.8) is 0 Å². The maximum atomic E-state index is 12.3. The number of fused-ring (bicyclic) bond motifs is 2. The number of carbonyl (C=O) groups excluding carboxylic acids is 1. The van der Waals surface area contributed by atoms with Gasteiger partial charge in [0.15, 0.2) is 5.15 Å². The van der Waals surface area contributed by atoms with E-state index in [4.69, 9.17) is 32.7 Å². The van der Waals surface area contributed by atoms with Crippen molar-refractivity contribution in [1.29, 1.82) is 0 Å². The van der Waals surface area contributed by atoms with Gasteiger partial charge in [-0.2, -0.15) is 5.10 Å². The number of aromatic amines is 1. The van der Waals surface area contributed by atoms with E-state index in [-0.39, 0.29) is 23.9 Å². The first-order valence-corrected chi connectivity index (χ1v) is 14.3. The Hall–Kier alpha value is -2.54. The lowest BCUT2D eigenvalue weighted by molar-refractivity contribution is -0.149. The van der Waals surface area contributed by atoms with Crippen molar-refractivity contribution in [3.8, 4) is 5.75 Å². The Labute approximate surface area is 234 Å². The second kappa shape index (κ2) is 11.7. The van der Waals surface area contributed by atoms with Crippen LogP contribution in [0.25, 0.3) is 15.9 Å². The van der Waals surface area contributed by atoms with E-state index >= 15 is 0 Å². The first-order valence-electron chi connectivity index (χ1n) is 13.5. The van der Waals surface area contributed by atoms with Crippen molar-refractivity contribution in [3.05, 3.63) is 63.8 Å². The van der Waals surface area contributed by atoms with Crippen LogP contribution >= 0.6 is 23.2 Å². The molecule has 0 amide bonds. The zero-order chi connectivity index (χ0) is 26.8. The lowest BCUT2D eigenvalue weighted by atomic mass is 9.90. The van der Waals surface area contributed by atoms with Crippen LogP contribution < -0.4 is 4.74 Å². The molecule has 1 N–H and O–H groups in total. The molecule has 0 radical (unpaired) electrons. The van der Waals surface area contributed by atoms with Crippen LogP contribution in [-0.2, 0) is 16.0 Å². The van der Waals surface area contributed by atoms with E-state index in [1.807, 2.05) is 19.1 Å². The molecule has 2 aromatic carbocycles. The minimum Gasteiger partial charge on any atom is -0.485 e. The van der Waals surface area contributed by atoms with E-state index in [0.717, 1.165) is 78.1 Å². The summed E-state index contributed by atoms with van der Waals surface area (Å²) in [6, 6.07) is 12.4. The van der Waals surface area contributed by atoms with Gasteiger partial charge in [0.05, 0.1) is 18.0 Å². The van der Waals surface area contributed by atoms with Gasteiger partial charge in [0.1, 0.15) is 11.9 Å². The summed E-state index contributed by atoms with van der Waals surface area (Å²) in [4.78, 5) is 14.6. The largest absolute Gasteiger partial charge is 0.485 e. The van der Waals surface area contributed by atoms with Crippen LogP contribution in [0.4, 0.5) is 0 Å². The lowest BCUT2D eigenvalue weighted by Gasteiger charge is -2.33. The number of piperidine rings is 1. The molecule has 6 nitrogen and oxygen atoms in total. The summed E-state index contributed by atoms with van der Waals surface area (Å²) in [5.41, 5.74) is 5.49. The van der Waals surface area contributed by atoms with E-state index in [2.05, 4.69) is 53.2 Å². The number of aromatic nitrogens is 2. The number of ether oxygens (including phenoxy) is 2. The maximum Gasteiger partial charge on any atom is 0.310 e. The van der Waals surface area contributed by atoms with Gasteiger partial charge in [-0.1, -0.05) is 43.1 Å². The SMILES string of the molecule is CCOC(=O)C1CCCN(CC2=C(Cl)c3ccc(OC(c4ccc5[nH]nc(Cl)c5c4)C(C)C)cc3CC2)C1. The Morgan fingerprint density at radius 1 is 1.18 bits per heavy atom. The minimum atomic E-state index is -0.125. The van der Waals surface area contributed by atoms with Crippen molar-refractivity contribution in [2.24, 2.45) is 11.8 Å². The molecule has 8 heteroatoms. The summed E-state index contributed by atoms with van der Waals surface area (Å²) < 4.78 is 11.8. The van der Waals surface area contributed by atoms with Gasteiger partial charge in [0, 0.05) is 23.5 Å². The lowest BCUT2D eigenvalue weighted by Crippen LogP contribution is -2.40. The Balaban J connectivity index is 1.31. The van der Waals surface area contributed by atoms with Gasteiger partial charge >= 0.3 is 5.97 Å². The molecular formula is C30H35Cl2N3O3. The van der Waals surface area contributed by atoms with Crippen molar-refractivity contribution in [2.75, 3.05) is 26.2 Å². The second-order valence-electron chi connectivity index (χ2n) is 10.7. The van der Waals surface area contributed by atoms with Gasteiger partial charge in [-0.15, -0.1) is 0 Å². The van der Waals surface area contributed by atoms with Gasteiger partial charge in [-0.05, 0) is 97.7 Å². The number of esters is 1. The number of nitrogens with zero attached hydrogens (tertiary/aromatic N) is 2. The van der Waals surface area contributed by atoms with Crippen molar-refractivity contribution in [2.45, 2.75) is 52.6 Å². The summed E-state index contributed by atoms with van der Waals surface area (Å²) in [6.07, 6.45) is 3.59. The van der Waals surface area contributed by atoms with Crippen LogP contribution in [0.15, 0.2) is 42.0 Å². The topological polar surface area (TPSA) is 67.4 Å². The predicted molar refractivity (Wildman–Crippen MR) is 153 cm³/mol. The van der Waals surface area contributed by atoms with Crippen molar-refractivity contribution in [1.82, 2.24) is 15.1 Å². The third kappa shape index (κ3) is 5.73. The van der Waals surface area contributed by atoms with Gasteiger partial charge < -0.3 is 9.47 Å². The van der Waals surface area contributed by atoms with Gasteiger partial charge in [0.25, 0.3) is 0 Å². The quantitative estimate of drug-likeness (QED) is 0.298. The van der Waals surface area contributed by atoms with Crippen molar-refractivity contribution >= 4 is 45.1 Å². The fraction of sp³-hybridized carbons (Fsp3) is 0.467. The van der Waals surface area contributed by atoms with E-state index in [0.29, 0.717) is 11.8 Å². The summed E-state index contributed by atoms with van der Waals surface area (Å²) >= 11 is 13.2. The number of H-pyrrole nitrogens is 1. The molecule has 0 bridgehead atoms. The van der Waals surface area contributed by atoms with Crippen LogP contribution in [0.5, 0.6) is 5.75 Å². The third-order valence-corrected chi connectivity index (χ3v) is 8.36.